The highest BCUT2D eigenvalue weighted by Gasteiger charge is 2.11. The number of hydrogen-bond donors (Lipinski definition) is 1. The van der Waals surface area contributed by atoms with Crippen LogP contribution in [0.25, 0.3) is 0 Å². The molecule has 3 nitrogen and oxygen atoms in total. The minimum absolute atomic E-state index is 0.00593. The number of pyridine rings is 1. The quantitative estimate of drug-likeness (QED) is 0.921. The largest absolute Gasteiger partial charge is 0.397 e. The third-order valence-electron chi connectivity index (χ3n) is 2.86. The van der Waals surface area contributed by atoms with E-state index in [4.69, 9.17) is 5.73 Å². The van der Waals surface area contributed by atoms with Crippen molar-refractivity contribution in [2.75, 3.05) is 5.73 Å². The van der Waals surface area contributed by atoms with E-state index >= 15 is 0 Å². The van der Waals surface area contributed by atoms with Crippen LogP contribution in [0.3, 0.4) is 0 Å². The first kappa shape index (κ1) is 13.7. The van der Waals surface area contributed by atoms with Crippen LogP contribution in [0.4, 0.5) is 14.5 Å². The van der Waals surface area contributed by atoms with Gasteiger partial charge in [-0.25, -0.2) is 8.78 Å². The fraction of sp³-hybridized carbons (Fsp3) is 0.154. The van der Waals surface area contributed by atoms with Crippen LogP contribution in [-0.2, 0) is 6.54 Å². The zero-order valence-corrected chi connectivity index (χ0v) is 11.7. The molecule has 2 N–H and O–H groups in total. The van der Waals surface area contributed by atoms with Crippen LogP contribution >= 0.6 is 15.9 Å². The lowest BCUT2D eigenvalue weighted by atomic mass is 10.2. The molecular formula is C13H11BrF2N2O. The molecule has 100 valence electrons. The van der Waals surface area contributed by atoms with E-state index in [1.807, 2.05) is 0 Å². The highest BCUT2D eigenvalue weighted by atomic mass is 79.9. The summed E-state index contributed by atoms with van der Waals surface area (Å²) in [4.78, 5) is 12.0. The van der Waals surface area contributed by atoms with Gasteiger partial charge in [0, 0.05) is 17.8 Å². The first-order valence-corrected chi connectivity index (χ1v) is 6.28. The van der Waals surface area contributed by atoms with Crippen LogP contribution in [0.1, 0.15) is 11.1 Å². The van der Waals surface area contributed by atoms with Crippen LogP contribution in [0.15, 0.2) is 33.7 Å². The van der Waals surface area contributed by atoms with Gasteiger partial charge in [0.1, 0.15) is 11.6 Å². The Labute approximate surface area is 116 Å². The summed E-state index contributed by atoms with van der Waals surface area (Å²) in [5.74, 6) is -1.35. The van der Waals surface area contributed by atoms with Crippen LogP contribution in [0.2, 0.25) is 0 Å². The maximum absolute atomic E-state index is 13.5. The van der Waals surface area contributed by atoms with Gasteiger partial charge in [-0.05, 0) is 34.5 Å². The molecule has 0 radical (unpaired) electrons. The van der Waals surface area contributed by atoms with Gasteiger partial charge in [-0.15, -0.1) is 0 Å². The molecule has 0 saturated carbocycles. The lowest BCUT2D eigenvalue weighted by molar-refractivity contribution is 0.564. The number of rotatable bonds is 2. The molecule has 1 aromatic heterocycles. The van der Waals surface area contributed by atoms with Crippen LogP contribution in [0.5, 0.6) is 0 Å². The standard InChI is InChI=1S/C13H11BrF2N2O/c1-7-11(17)6-18(13(19)12(7)14)5-8-2-3-9(15)4-10(8)16/h2-4,6H,5,17H2,1H3. The minimum Gasteiger partial charge on any atom is -0.397 e. The van der Waals surface area contributed by atoms with E-state index in [1.165, 1.54) is 16.8 Å². The molecule has 1 heterocycles. The van der Waals surface area contributed by atoms with Gasteiger partial charge in [0.25, 0.3) is 5.56 Å². The van der Waals surface area contributed by atoms with Crippen LogP contribution < -0.4 is 11.3 Å². The highest BCUT2D eigenvalue weighted by Crippen LogP contribution is 2.18. The van der Waals surface area contributed by atoms with E-state index in [9.17, 15) is 13.6 Å². The summed E-state index contributed by atoms with van der Waals surface area (Å²) in [6, 6.07) is 3.24. The van der Waals surface area contributed by atoms with Crippen molar-refractivity contribution in [1.82, 2.24) is 4.57 Å². The number of aromatic nitrogens is 1. The Hall–Kier alpha value is -1.69. The van der Waals surface area contributed by atoms with Crippen LogP contribution in [0, 0.1) is 18.6 Å². The maximum atomic E-state index is 13.5. The highest BCUT2D eigenvalue weighted by molar-refractivity contribution is 9.10. The van der Waals surface area contributed by atoms with Gasteiger partial charge in [-0.1, -0.05) is 6.07 Å². The second-order valence-corrected chi connectivity index (χ2v) is 4.99. The summed E-state index contributed by atoms with van der Waals surface area (Å²) in [6.07, 6.45) is 1.45. The Morgan fingerprint density at radius 2 is 2.05 bits per heavy atom. The van der Waals surface area contributed by atoms with Gasteiger partial charge in [-0.3, -0.25) is 4.79 Å². The van der Waals surface area contributed by atoms with Crippen molar-refractivity contribution >= 4 is 21.6 Å². The third-order valence-corrected chi connectivity index (χ3v) is 3.80. The maximum Gasteiger partial charge on any atom is 0.265 e. The first-order valence-electron chi connectivity index (χ1n) is 5.49. The first-order chi connectivity index (χ1) is 8.90. The molecular weight excluding hydrogens is 318 g/mol. The average Bonchev–Trinajstić information content (AvgIpc) is 2.36. The normalized spacial score (nSPS) is 10.7. The summed E-state index contributed by atoms with van der Waals surface area (Å²) in [5.41, 5.74) is 6.74. The van der Waals surface area contributed by atoms with Crippen LogP contribution in [-0.4, -0.2) is 4.57 Å². The Balaban J connectivity index is 2.47. The molecule has 0 saturated heterocycles. The summed E-state index contributed by atoms with van der Waals surface area (Å²) in [7, 11) is 0. The Kier molecular flexibility index (Phi) is 3.71. The van der Waals surface area contributed by atoms with E-state index in [0.29, 0.717) is 15.7 Å². The smallest absolute Gasteiger partial charge is 0.265 e. The van der Waals surface area contributed by atoms with Gasteiger partial charge in [0.05, 0.1) is 16.7 Å². The fourth-order valence-corrected chi connectivity index (χ4v) is 2.14. The molecule has 0 aliphatic rings. The van der Waals surface area contributed by atoms with Crippen molar-refractivity contribution in [1.29, 1.82) is 0 Å². The van der Waals surface area contributed by atoms with Gasteiger partial charge in [0.2, 0.25) is 0 Å². The SMILES string of the molecule is Cc1c(N)cn(Cc2ccc(F)cc2F)c(=O)c1Br. The molecule has 0 bridgehead atoms. The van der Waals surface area contributed by atoms with E-state index < -0.39 is 11.6 Å². The van der Waals surface area contributed by atoms with E-state index in [-0.39, 0.29) is 17.7 Å². The van der Waals surface area contributed by atoms with Gasteiger partial charge >= 0.3 is 0 Å². The van der Waals surface area contributed by atoms with Gasteiger partial charge < -0.3 is 10.3 Å². The fourth-order valence-electron chi connectivity index (χ4n) is 1.69. The van der Waals surface area contributed by atoms with E-state index in [1.54, 1.807) is 6.92 Å². The predicted molar refractivity (Wildman–Crippen MR) is 73.0 cm³/mol. The Bertz CT molecular complexity index is 698. The Morgan fingerprint density at radius 3 is 2.68 bits per heavy atom. The van der Waals surface area contributed by atoms with Gasteiger partial charge in [-0.2, -0.15) is 0 Å². The Morgan fingerprint density at radius 1 is 1.37 bits per heavy atom. The molecule has 0 amide bonds. The van der Waals surface area contributed by atoms with E-state index in [2.05, 4.69) is 15.9 Å². The second kappa shape index (κ2) is 5.13. The number of nitrogens with two attached hydrogens (primary N) is 1. The zero-order valence-electron chi connectivity index (χ0n) is 10.1. The van der Waals surface area contributed by atoms with Gasteiger partial charge in [0.15, 0.2) is 0 Å². The lowest BCUT2D eigenvalue weighted by Crippen LogP contribution is -2.23. The molecule has 0 fully saturated rings. The predicted octanol–water partition coefficient (Wildman–Crippen LogP) is 2.83. The summed E-state index contributed by atoms with van der Waals surface area (Å²) in [6.45, 7) is 1.71. The van der Waals surface area contributed by atoms with Crippen molar-refractivity contribution < 1.29 is 8.78 Å². The molecule has 19 heavy (non-hydrogen) atoms. The minimum atomic E-state index is -0.692. The summed E-state index contributed by atoms with van der Waals surface area (Å²) in [5, 5.41) is 0. The third kappa shape index (κ3) is 2.68. The number of benzene rings is 1. The number of anilines is 1. The number of halogens is 3. The van der Waals surface area contributed by atoms with Crippen molar-refractivity contribution in [3.05, 3.63) is 62.0 Å². The van der Waals surface area contributed by atoms with E-state index in [0.717, 1.165) is 12.1 Å². The van der Waals surface area contributed by atoms with Crippen molar-refractivity contribution in [2.24, 2.45) is 0 Å². The lowest BCUT2D eigenvalue weighted by Gasteiger charge is -2.11. The van der Waals surface area contributed by atoms with Crippen molar-refractivity contribution in [3.8, 4) is 0 Å². The topological polar surface area (TPSA) is 48.0 Å². The molecule has 6 heteroatoms. The van der Waals surface area contributed by atoms with Crippen molar-refractivity contribution in [3.63, 3.8) is 0 Å². The average molecular weight is 329 g/mol. The number of nitrogen functional groups attached to an aromatic ring is 1. The number of hydrogen-bond acceptors (Lipinski definition) is 2. The second-order valence-electron chi connectivity index (χ2n) is 4.19. The number of nitrogens with zero attached hydrogens (tertiary/aromatic N) is 1. The molecule has 1 aromatic carbocycles. The zero-order chi connectivity index (χ0) is 14.2. The summed E-state index contributed by atoms with van der Waals surface area (Å²) >= 11 is 3.16. The molecule has 2 aromatic rings. The molecule has 0 aliphatic carbocycles. The molecule has 0 unspecified atom stereocenters. The molecule has 0 aliphatic heterocycles. The molecule has 0 atom stereocenters. The summed E-state index contributed by atoms with van der Waals surface area (Å²) < 4.78 is 28.0. The molecule has 0 spiro atoms. The monoisotopic (exact) mass is 328 g/mol. The van der Waals surface area contributed by atoms with Crippen molar-refractivity contribution in [2.45, 2.75) is 13.5 Å². The molecule has 2 rings (SSSR count).